The fourth-order valence-corrected chi connectivity index (χ4v) is 3.53. The second-order valence-corrected chi connectivity index (χ2v) is 7.15. The summed E-state index contributed by atoms with van der Waals surface area (Å²) in [6, 6.07) is 7.62. The molecule has 2 rings (SSSR count). The summed E-state index contributed by atoms with van der Waals surface area (Å²) in [6.07, 6.45) is 1.26. The molecule has 0 radical (unpaired) electrons. The molecule has 1 unspecified atom stereocenters. The van der Waals surface area contributed by atoms with E-state index in [9.17, 15) is 19.2 Å². The van der Waals surface area contributed by atoms with Gasteiger partial charge in [-0.15, -0.1) is 0 Å². The Hall–Kier alpha value is -2.49. The zero-order valence-corrected chi connectivity index (χ0v) is 16.6. The van der Waals surface area contributed by atoms with Crippen LogP contribution in [0.15, 0.2) is 24.3 Å². The molecule has 0 aliphatic heterocycles. The number of hydrogen-bond donors (Lipinski definition) is 5. The van der Waals surface area contributed by atoms with Gasteiger partial charge in [-0.1, -0.05) is 36.2 Å². The normalized spacial score (nSPS) is 19.1. The molecular weight excluding hydrogens is 406 g/mol. The SMILES string of the molecule is CNC1(c2ccccc2Cl)CCCCC1=O.O=C(O)CC(O)(CC(=O)O)C(=O)O. The van der Waals surface area contributed by atoms with Crippen LogP contribution in [0.5, 0.6) is 0 Å². The number of halogens is 1. The van der Waals surface area contributed by atoms with Crippen LogP contribution in [-0.4, -0.2) is 56.8 Å². The molecule has 160 valence electrons. The molecule has 0 saturated heterocycles. The first kappa shape index (κ1) is 24.5. The molecule has 0 spiro atoms. The Bertz CT molecular complexity index is 765. The Labute approximate surface area is 172 Å². The number of carboxylic acid groups (broad SMARTS) is 3. The number of Topliss-reactive ketones (excluding diaryl/α,β-unsaturated/α-hetero) is 1. The average molecular weight is 430 g/mol. The van der Waals surface area contributed by atoms with Gasteiger partial charge in [-0.3, -0.25) is 14.4 Å². The van der Waals surface area contributed by atoms with Gasteiger partial charge in [0.15, 0.2) is 11.4 Å². The number of carbonyl (C=O) groups is 4. The summed E-state index contributed by atoms with van der Waals surface area (Å²) >= 11 is 6.20. The second kappa shape index (κ2) is 10.3. The lowest BCUT2D eigenvalue weighted by Crippen LogP contribution is -2.49. The van der Waals surface area contributed by atoms with E-state index in [0.717, 1.165) is 24.8 Å². The van der Waals surface area contributed by atoms with E-state index in [1.54, 1.807) is 0 Å². The maximum atomic E-state index is 12.2. The third-order valence-corrected chi connectivity index (χ3v) is 5.06. The molecule has 1 aromatic carbocycles. The van der Waals surface area contributed by atoms with Gasteiger partial charge in [0.05, 0.1) is 12.8 Å². The summed E-state index contributed by atoms with van der Waals surface area (Å²) in [5.41, 5.74) is -2.38. The van der Waals surface area contributed by atoms with E-state index >= 15 is 0 Å². The molecule has 1 saturated carbocycles. The van der Waals surface area contributed by atoms with Crippen LogP contribution < -0.4 is 5.32 Å². The fraction of sp³-hybridized carbons (Fsp3) is 0.474. The molecule has 0 heterocycles. The van der Waals surface area contributed by atoms with Crippen molar-refractivity contribution in [1.29, 1.82) is 0 Å². The minimum Gasteiger partial charge on any atom is -0.481 e. The van der Waals surface area contributed by atoms with Crippen molar-refractivity contribution in [2.24, 2.45) is 0 Å². The van der Waals surface area contributed by atoms with Gasteiger partial charge in [0.1, 0.15) is 5.54 Å². The number of carboxylic acids is 3. The molecule has 1 aromatic rings. The van der Waals surface area contributed by atoms with E-state index < -0.39 is 41.9 Å². The maximum absolute atomic E-state index is 12.2. The number of hydrogen-bond acceptors (Lipinski definition) is 6. The fourth-order valence-electron chi connectivity index (χ4n) is 3.23. The predicted molar refractivity (Wildman–Crippen MR) is 103 cm³/mol. The highest BCUT2D eigenvalue weighted by Gasteiger charge is 2.41. The molecule has 1 aliphatic carbocycles. The van der Waals surface area contributed by atoms with E-state index in [-0.39, 0.29) is 5.78 Å². The molecular formula is C19H24ClNO8. The summed E-state index contributed by atoms with van der Waals surface area (Å²) < 4.78 is 0. The van der Waals surface area contributed by atoms with Crippen molar-refractivity contribution >= 4 is 35.3 Å². The van der Waals surface area contributed by atoms with Gasteiger partial charge in [-0.2, -0.15) is 0 Å². The van der Waals surface area contributed by atoms with Gasteiger partial charge in [0.25, 0.3) is 0 Å². The smallest absolute Gasteiger partial charge is 0.336 e. The number of nitrogens with one attached hydrogen (secondary N) is 1. The minimum atomic E-state index is -2.74. The van der Waals surface area contributed by atoms with E-state index in [2.05, 4.69) is 5.32 Å². The van der Waals surface area contributed by atoms with E-state index in [4.69, 9.17) is 32.0 Å². The molecule has 29 heavy (non-hydrogen) atoms. The Balaban J connectivity index is 0.000000298. The van der Waals surface area contributed by atoms with Crippen molar-refractivity contribution in [2.45, 2.75) is 49.7 Å². The van der Waals surface area contributed by atoms with Crippen LogP contribution in [0.2, 0.25) is 5.02 Å². The molecule has 0 amide bonds. The quantitative estimate of drug-likeness (QED) is 0.433. The summed E-state index contributed by atoms with van der Waals surface area (Å²) in [5, 5.41) is 37.7. The minimum absolute atomic E-state index is 0.259. The Morgan fingerprint density at radius 1 is 1.10 bits per heavy atom. The first-order valence-corrected chi connectivity index (χ1v) is 9.23. The summed E-state index contributed by atoms with van der Waals surface area (Å²) in [7, 11) is 1.84. The molecule has 9 nitrogen and oxygen atoms in total. The van der Waals surface area contributed by atoms with Crippen molar-refractivity contribution in [2.75, 3.05) is 7.05 Å². The van der Waals surface area contributed by atoms with Crippen LogP contribution in [0.4, 0.5) is 0 Å². The molecule has 1 fully saturated rings. The highest BCUT2D eigenvalue weighted by Crippen LogP contribution is 2.37. The van der Waals surface area contributed by atoms with Crippen LogP contribution in [0.3, 0.4) is 0 Å². The lowest BCUT2D eigenvalue weighted by Gasteiger charge is -2.36. The Morgan fingerprint density at radius 2 is 1.66 bits per heavy atom. The topological polar surface area (TPSA) is 161 Å². The molecule has 5 N–H and O–H groups in total. The van der Waals surface area contributed by atoms with Crippen molar-refractivity contribution in [3.05, 3.63) is 34.9 Å². The molecule has 0 bridgehead atoms. The van der Waals surface area contributed by atoms with Crippen LogP contribution in [0, 0.1) is 0 Å². The van der Waals surface area contributed by atoms with Crippen LogP contribution in [-0.2, 0) is 24.7 Å². The van der Waals surface area contributed by atoms with Crippen molar-refractivity contribution in [3.63, 3.8) is 0 Å². The van der Waals surface area contributed by atoms with E-state index in [1.165, 1.54) is 0 Å². The highest BCUT2D eigenvalue weighted by atomic mass is 35.5. The van der Waals surface area contributed by atoms with Gasteiger partial charge < -0.3 is 25.7 Å². The number of benzene rings is 1. The number of ketones is 1. The van der Waals surface area contributed by atoms with Crippen LogP contribution in [0.1, 0.15) is 44.1 Å². The Morgan fingerprint density at radius 3 is 2.07 bits per heavy atom. The largest absolute Gasteiger partial charge is 0.481 e. The zero-order valence-electron chi connectivity index (χ0n) is 15.9. The van der Waals surface area contributed by atoms with Gasteiger partial charge in [-0.25, -0.2) is 4.79 Å². The van der Waals surface area contributed by atoms with Crippen molar-refractivity contribution < 1.29 is 39.6 Å². The lowest BCUT2D eigenvalue weighted by molar-refractivity contribution is -0.170. The number of aliphatic carboxylic acids is 3. The number of aliphatic hydroxyl groups is 1. The average Bonchev–Trinajstić information content (AvgIpc) is 2.62. The number of carbonyl (C=O) groups excluding carboxylic acids is 1. The standard InChI is InChI=1S/C13H16ClNO.C6H8O7/c1-15-13(9-5-4-8-12(13)16)10-6-2-3-7-11(10)14;7-3(8)1-6(13,5(11)12)2-4(9)10/h2-3,6-7,15H,4-5,8-9H2,1H3;13H,1-2H2,(H,7,8)(H,9,10)(H,11,12). The zero-order chi connectivity index (χ0) is 22.2. The second-order valence-electron chi connectivity index (χ2n) is 6.74. The van der Waals surface area contributed by atoms with E-state index in [0.29, 0.717) is 11.4 Å². The van der Waals surface area contributed by atoms with Crippen molar-refractivity contribution in [1.82, 2.24) is 5.32 Å². The van der Waals surface area contributed by atoms with Crippen LogP contribution >= 0.6 is 11.6 Å². The molecule has 10 heteroatoms. The van der Waals surface area contributed by atoms with Crippen LogP contribution in [0.25, 0.3) is 0 Å². The van der Waals surface area contributed by atoms with Gasteiger partial charge in [0, 0.05) is 11.4 Å². The first-order chi connectivity index (χ1) is 13.5. The third kappa shape index (κ3) is 6.25. The van der Waals surface area contributed by atoms with Gasteiger partial charge in [0.2, 0.25) is 0 Å². The third-order valence-electron chi connectivity index (χ3n) is 4.73. The summed E-state index contributed by atoms with van der Waals surface area (Å²) in [5.74, 6) is -4.76. The summed E-state index contributed by atoms with van der Waals surface area (Å²) in [6.45, 7) is 0. The molecule has 0 aromatic heterocycles. The Kier molecular flexibility index (Phi) is 8.75. The summed E-state index contributed by atoms with van der Waals surface area (Å²) in [4.78, 5) is 42.7. The highest BCUT2D eigenvalue weighted by molar-refractivity contribution is 6.31. The predicted octanol–water partition coefficient (Wildman–Crippen LogP) is 1.65. The van der Waals surface area contributed by atoms with Crippen molar-refractivity contribution in [3.8, 4) is 0 Å². The number of likely N-dealkylation sites (N-methyl/N-ethyl adjacent to an activating group) is 1. The molecule has 1 atom stereocenters. The van der Waals surface area contributed by atoms with Gasteiger partial charge in [-0.05, 0) is 31.5 Å². The lowest BCUT2D eigenvalue weighted by atomic mass is 9.75. The monoisotopic (exact) mass is 429 g/mol. The van der Waals surface area contributed by atoms with E-state index in [1.807, 2.05) is 31.3 Å². The first-order valence-electron chi connectivity index (χ1n) is 8.85. The molecule has 1 aliphatic rings. The number of rotatable bonds is 7. The maximum Gasteiger partial charge on any atom is 0.336 e. The van der Waals surface area contributed by atoms with Gasteiger partial charge >= 0.3 is 17.9 Å².